The number of amides is 2. The van der Waals surface area contributed by atoms with Crippen LogP contribution in [-0.2, 0) is 20.8 Å². The summed E-state index contributed by atoms with van der Waals surface area (Å²) in [5, 5.41) is 31.8. The number of hydrogen-bond donors (Lipinski definition) is 1. The molecule has 0 bridgehead atoms. The fraction of sp³-hybridized carbons (Fsp3) is 0.200. The van der Waals surface area contributed by atoms with Crippen LogP contribution in [0.3, 0.4) is 0 Å². The number of non-ortho nitro benzene ring substituents is 1. The Morgan fingerprint density at radius 1 is 1.12 bits per heavy atom. The molecule has 2 amide bonds. The molecular formula is C20H16ClN7O6. The predicted octanol–water partition coefficient (Wildman–Crippen LogP) is 1.09. The lowest BCUT2D eigenvalue weighted by molar-refractivity contribution is -0.384. The maximum absolute atomic E-state index is 13.0. The van der Waals surface area contributed by atoms with Crippen LogP contribution in [0.1, 0.15) is 5.56 Å². The molecule has 4 rings (SSSR count). The van der Waals surface area contributed by atoms with Gasteiger partial charge < -0.3 is 14.9 Å². The number of aromatic nitrogens is 4. The number of rotatable bonds is 7. The zero-order chi connectivity index (χ0) is 24.4. The first-order valence-corrected chi connectivity index (χ1v) is 10.3. The van der Waals surface area contributed by atoms with E-state index in [1.54, 1.807) is 12.1 Å². The molecule has 1 N–H and O–H groups in total. The fourth-order valence-electron chi connectivity index (χ4n) is 3.66. The van der Waals surface area contributed by atoms with E-state index < -0.39 is 28.7 Å². The van der Waals surface area contributed by atoms with E-state index in [0.717, 1.165) is 4.90 Å². The molecule has 2 heterocycles. The van der Waals surface area contributed by atoms with Gasteiger partial charge in [-0.25, -0.2) is 4.79 Å². The molecule has 1 aromatic heterocycles. The number of carboxylic acids is 1. The third-order valence-corrected chi connectivity index (χ3v) is 5.55. The minimum atomic E-state index is -1.33. The quantitative estimate of drug-likeness (QED) is 0.293. The van der Waals surface area contributed by atoms with Crippen LogP contribution in [0.5, 0.6) is 0 Å². The number of carboxylic acid groups (broad SMARTS) is 1. The molecule has 174 valence electrons. The third kappa shape index (κ3) is 4.41. The highest BCUT2D eigenvalue weighted by Gasteiger charge is 2.40. The second kappa shape index (κ2) is 9.23. The highest BCUT2D eigenvalue weighted by Crippen LogP contribution is 2.29. The van der Waals surface area contributed by atoms with Gasteiger partial charge in [0.05, 0.1) is 16.3 Å². The van der Waals surface area contributed by atoms with Gasteiger partial charge in [0.1, 0.15) is 12.4 Å². The highest BCUT2D eigenvalue weighted by molar-refractivity contribution is 6.41. The molecule has 0 spiro atoms. The molecule has 2 aromatic carbocycles. The summed E-state index contributed by atoms with van der Waals surface area (Å²) in [6.07, 6.45) is 1.19. The maximum Gasteiger partial charge on any atom is 0.326 e. The number of halogens is 1. The second-order valence-corrected chi connectivity index (χ2v) is 7.76. The van der Waals surface area contributed by atoms with E-state index in [-0.39, 0.29) is 25.2 Å². The monoisotopic (exact) mass is 485 g/mol. The zero-order valence-electron chi connectivity index (χ0n) is 17.3. The maximum atomic E-state index is 13.0. The van der Waals surface area contributed by atoms with Crippen molar-refractivity contribution in [2.45, 2.75) is 12.5 Å². The number of carbonyl (C=O) groups is 3. The van der Waals surface area contributed by atoms with Gasteiger partial charge in [0.15, 0.2) is 0 Å². The molecule has 34 heavy (non-hydrogen) atoms. The van der Waals surface area contributed by atoms with Gasteiger partial charge in [0.25, 0.3) is 5.69 Å². The summed E-state index contributed by atoms with van der Waals surface area (Å²) in [5.74, 6) is -3.23. The van der Waals surface area contributed by atoms with Crippen LogP contribution in [0.15, 0.2) is 48.8 Å². The average Bonchev–Trinajstić information content (AvgIpc) is 3.34. The smallest absolute Gasteiger partial charge is 0.326 e. The largest absolute Gasteiger partial charge is 0.480 e. The van der Waals surface area contributed by atoms with Crippen LogP contribution in [0.25, 0.3) is 5.69 Å². The normalized spacial score (nSPS) is 14.9. The Hall–Kier alpha value is -4.39. The zero-order valence-corrected chi connectivity index (χ0v) is 18.1. The lowest BCUT2D eigenvalue weighted by Crippen LogP contribution is -2.59. The predicted molar refractivity (Wildman–Crippen MR) is 116 cm³/mol. The van der Waals surface area contributed by atoms with Crippen molar-refractivity contribution in [1.82, 2.24) is 25.1 Å². The Bertz CT molecular complexity index is 1260. The molecule has 1 aliphatic heterocycles. The van der Waals surface area contributed by atoms with E-state index in [9.17, 15) is 29.6 Å². The number of hydrogen-bond acceptors (Lipinski definition) is 8. The van der Waals surface area contributed by atoms with Crippen LogP contribution in [0.2, 0.25) is 5.02 Å². The van der Waals surface area contributed by atoms with Gasteiger partial charge in [-0.1, -0.05) is 23.7 Å². The SMILES string of the molecule is O=C(O)C(Cc1ccc([N+](=O)[O-])cc1)N1CCN(c2cc(Cl)ccc2-n2cnnn2)C(=O)C1=O. The number of piperazine rings is 1. The van der Waals surface area contributed by atoms with Crippen molar-refractivity contribution in [1.29, 1.82) is 0 Å². The molecule has 13 nitrogen and oxygen atoms in total. The van der Waals surface area contributed by atoms with Crippen molar-refractivity contribution in [2.24, 2.45) is 0 Å². The van der Waals surface area contributed by atoms with Crippen LogP contribution >= 0.6 is 11.6 Å². The Morgan fingerprint density at radius 3 is 2.47 bits per heavy atom. The molecule has 0 aliphatic carbocycles. The first-order valence-electron chi connectivity index (χ1n) is 9.88. The van der Waals surface area contributed by atoms with Crippen LogP contribution < -0.4 is 4.90 Å². The lowest BCUT2D eigenvalue weighted by atomic mass is 10.0. The van der Waals surface area contributed by atoms with Crippen LogP contribution in [0, 0.1) is 10.1 Å². The van der Waals surface area contributed by atoms with Gasteiger partial charge in [0, 0.05) is 36.7 Å². The van der Waals surface area contributed by atoms with E-state index in [0.29, 0.717) is 22.0 Å². The highest BCUT2D eigenvalue weighted by atomic mass is 35.5. The Morgan fingerprint density at radius 2 is 1.85 bits per heavy atom. The number of benzene rings is 2. The van der Waals surface area contributed by atoms with Crippen molar-refractivity contribution in [2.75, 3.05) is 18.0 Å². The first-order chi connectivity index (χ1) is 16.3. The minimum absolute atomic E-state index is 0.00405. The van der Waals surface area contributed by atoms with Crippen molar-refractivity contribution >= 4 is 40.8 Å². The summed E-state index contributed by atoms with van der Waals surface area (Å²) in [6.45, 7) is -0.0554. The number of carbonyl (C=O) groups excluding carboxylic acids is 2. The molecule has 14 heteroatoms. The van der Waals surface area contributed by atoms with E-state index in [2.05, 4.69) is 15.5 Å². The summed E-state index contributed by atoms with van der Waals surface area (Å²) in [6, 6.07) is 8.66. The molecule has 1 unspecified atom stereocenters. The number of tetrazole rings is 1. The van der Waals surface area contributed by atoms with Gasteiger partial charge in [0.2, 0.25) is 0 Å². The molecule has 3 aromatic rings. The number of nitrogens with zero attached hydrogens (tertiary/aromatic N) is 7. The van der Waals surface area contributed by atoms with Gasteiger partial charge in [-0.2, -0.15) is 4.68 Å². The van der Waals surface area contributed by atoms with Gasteiger partial charge in [-0.3, -0.25) is 19.7 Å². The Labute approximate surface area is 196 Å². The summed E-state index contributed by atoms with van der Waals surface area (Å²) in [4.78, 5) is 50.4. The van der Waals surface area contributed by atoms with Crippen molar-refractivity contribution in [3.63, 3.8) is 0 Å². The van der Waals surface area contributed by atoms with Gasteiger partial charge in [-0.15, -0.1) is 5.10 Å². The van der Waals surface area contributed by atoms with Gasteiger partial charge in [-0.05, 0) is 34.2 Å². The van der Waals surface area contributed by atoms with Crippen molar-refractivity contribution < 1.29 is 24.4 Å². The van der Waals surface area contributed by atoms with Crippen LogP contribution in [-0.4, -0.2) is 72.1 Å². The summed E-state index contributed by atoms with van der Waals surface area (Å²) >= 11 is 6.11. The molecule has 1 aliphatic rings. The third-order valence-electron chi connectivity index (χ3n) is 5.32. The topological polar surface area (TPSA) is 165 Å². The Balaban J connectivity index is 1.58. The number of anilines is 1. The minimum Gasteiger partial charge on any atom is -0.480 e. The summed E-state index contributed by atoms with van der Waals surface area (Å²) < 4.78 is 1.31. The van der Waals surface area contributed by atoms with Crippen molar-refractivity contribution in [3.05, 3.63) is 69.5 Å². The second-order valence-electron chi connectivity index (χ2n) is 7.32. The van der Waals surface area contributed by atoms with Gasteiger partial charge >= 0.3 is 17.8 Å². The summed E-state index contributed by atoms with van der Waals surface area (Å²) in [7, 11) is 0. The van der Waals surface area contributed by atoms with Crippen LogP contribution in [0.4, 0.5) is 11.4 Å². The molecule has 1 atom stereocenters. The van der Waals surface area contributed by atoms with Crippen molar-refractivity contribution in [3.8, 4) is 5.69 Å². The summed E-state index contributed by atoms with van der Waals surface area (Å²) in [5.41, 5.74) is 1.02. The standard InChI is InChI=1S/C20H16ClN7O6/c21-13-3-6-15(27-11-22-23-24-27)16(10-13)25-7-8-26(19(30)18(25)29)17(20(31)32)9-12-1-4-14(5-2-12)28(33)34/h1-6,10-11,17H,7-9H2,(H,31,32). The first kappa shape index (κ1) is 22.8. The number of nitro benzene ring substituents is 1. The van der Waals surface area contributed by atoms with E-state index in [1.165, 1.54) is 46.2 Å². The Kier molecular flexibility index (Phi) is 6.19. The van der Waals surface area contributed by atoms with E-state index in [1.807, 2.05) is 0 Å². The molecule has 1 saturated heterocycles. The van der Waals surface area contributed by atoms with E-state index >= 15 is 0 Å². The molecule has 0 saturated carbocycles. The lowest BCUT2D eigenvalue weighted by Gasteiger charge is -2.37. The molecule has 1 fully saturated rings. The number of nitro groups is 1. The fourth-order valence-corrected chi connectivity index (χ4v) is 3.83. The van der Waals surface area contributed by atoms with E-state index in [4.69, 9.17) is 11.6 Å². The molecular weight excluding hydrogens is 470 g/mol. The molecule has 0 radical (unpaired) electrons. The average molecular weight is 486 g/mol. The number of aliphatic carboxylic acids is 1.